The van der Waals surface area contributed by atoms with Gasteiger partial charge in [0, 0.05) is 33.1 Å². The van der Waals surface area contributed by atoms with Crippen LogP contribution in [-0.2, 0) is 17.6 Å². The van der Waals surface area contributed by atoms with Gasteiger partial charge in [0.25, 0.3) is 0 Å². The lowest BCUT2D eigenvalue weighted by Crippen LogP contribution is -2.35. The van der Waals surface area contributed by atoms with Crippen molar-refractivity contribution in [2.45, 2.75) is 38.4 Å². The molecule has 1 heterocycles. The number of rotatable bonds is 5. The van der Waals surface area contributed by atoms with E-state index < -0.39 is 5.60 Å². The van der Waals surface area contributed by atoms with Crippen LogP contribution in [0.5, 0.6) is 17.2 Å². The minimum atomic E-state index is -0.868. The highest BCUT2D eigenvalue weighted by Gasteiger charge is 2.44. The maximum absolute atomic E-state index is 10.3. The Kier molecular flexibility index (Phi) is 5.96. The number of aryl methyl sites for hydroxylation is 1. The maximum atomic E-state index is 10.3. The molecule has 210 valence electrons. The van der Waals surface area contributed by atoms with Crippen molar-refractivity contribution in [1.82, 2.24) is 0 Å². The van der Waals surface area contributed by atoms with E-state index in [1.54, 1.807) is 14.2 Å². The van der Waals surface area contributed by atoms with Gasteiger partial charge in [-0.3, -0.25) is 0 Å². The summed E-state index contributed by atoms with van der Waals surface area (Å²) in [7, 11) is 3.33. The summed E-state index contributed by atoms with van der Waals surface area (Å²) in [6, 6.07) is 29.4. The second-order valence-corrected chi connectivity index (χ2v) is 11.8. The Labute approximate surface area is 246 Å². The largest absolute Gasteiger partial charge is 0.497 e. The molecule has 0 spiro atoms. The molecule has 0 fully saturated rings. The van der Waals surface area contributed by atoms with Crippen molar-refractivity contribution in [3.63, 3.8) is 0 Å². The van der Waals surface area contributed by atoms with E-state index in [2.05, 4.69) is 99.7 Å². The molecule has 1 aliphatic carbocycles. The molecule has 0 bridgehead atoms. The summed E-state index contributed by atoms with van der Waals surface area (Å²) in [5.41, 5.74) is 8.88. The Morgan fingerprint density at radius 3 is 2.17 bits per heavy atom. The fourth-order valence-electron chi connectivity index (χ4n) is 6.95. The Hall–Kier alpha value is -4.54. The first-order valence-electron chi connectivity index (χ1n) is 14.3. The van der Waals surface area contributed by atoms with Gasteiger partial charge in [-0.1, -0.05) is 86.2 Å². The Balaban J connectivity index is 1.58. The molecule has 4 heteroatoms. The third kappa shape index (κ3) is 3.65. The minimum Gasteiger partial charge on any atom is -0.497 e. The second-order valence-electron chi connectivity index (χ2n) is 11.8. The van der Waals surface area contributed by atoms with Gasteiger partial charge < -0.3 is 19.3 Å². The Morgan fingerprint density at radius 1 is 0.810 bits per heavy atom. The van der Waals surface area contributed by atoms with Gasteiger partial charge in [0.2, 0.25) is 0 Å². The molecule has 0 saturated carbocycles. The molecule has 0 amide bonds. The predicted molar refractivity (Wildman–Crippen MR) is 169 cm³/mol. The molecule has 1 aliphatic heterocycles. The molecule has 0 saturated heterocycles. The number of benzene rings is 5. The van der Waals surface area contributed by atoms with Crippen molar-refractivity contribution in [2.75, 3.05) is 14.2 Å². The SMILES string of the molecule is COc1ccc(C2(c3ccc(C)cc3)C=Cc3c4c(c5cc(CO)c(OC)cc5c3O2)-c2ccccc2C4(C)C)cc1. The molecule has 1 atom stereocenters. The number of aliphatic hydroxyl groups is 1. The fourth-order valence-corrected chi connectivity index (χ4v) is 6.95. The van der Waals surface area contributed by atoms with Gasteiger partial charge in [-0.15, -0.1) is 0 Å². The number of hydrogen-bond donors (Lipinski definition) is 1. The molecule has 4 nitrogen and oxygen atoms in total. The lowest BCUT2D eigenvalue weighted by Gasteiger charge is -2.38. The van der Waals surface area contributed by atoms with Gasteiger partial charge >= 0.3 is 0 Å². The van der Waals surface area contributed by atoms with E-state index >= 15 is 0 Å². The minimum absolute atomic E-state index is 0.115. The molecule has 5 aromatic carbocycles. The van der Waals surface area contributed by atoms with Crippen LogP contribution in [0.25, 0.3) is 28.0 Å². The normalized spacial score (nSPS) is 17.8. The molecular formula is C38H34O4. The van der Waals surface area contributed by atoms with Crippen molar-refractivity contribution in [3.8, 4) is 28.4 Å². The van der Waals surface area contributed by atoms with Crippen LogP contribution in [0.15, 0.2) is 91.0 Å². The molecule has 2 aliphatic rings. The summed E-state index contributed by atoms with van der Waals surface area (Å²) < 4.78 is 18.6. The topological polar surface area (TPSA) is 47.9 Å². The molecule has 7 rings (SSSR count). The average molecular weight is 555 g/mol. The van der Waals surface area contributed by atoms with Crippen LogP contribution >= 0.6 is 0 Å². The van der Waals surface area contributed by atoms with E-state index in [1.165, 1.54) is 27.8 Å². The molecular weight excluding hydrogens is 520 g/mol. The van der Waals surface area contributed by atoms with Crippen LogP contribution in [0.2, 0.25) is 0 Å². The zero-order chi connectivity index (χ0) is 29.2. The average Bonchev–Trinajstić information content (AvgIpc) is 3.27. The number of methoxy groups -OCH3 is 2. The van der Waals surface area contributed by atoms with Crippen LogP contribution in [0, 0.1) is 6.92 Å². The Bertz CT molecular complexity index is 1880. The highest BCUT2D eigenvalue weighted by Crippen LogP contribution is 2.58. The van der Waals surface area contributed by atoms with E-state index in [0.29, 0.717) is 5.75 Å². The van der Waals surface area contributed by atoms with Crippen LogP contribution < -0.4 is 14.2 Å². The van der Waals surface area contributed by atoms with Crippen LogP contribution in [-0.4, -0.2) is 19.3 Å². The Morgan fingerprint density at radius 2 is 1.50 bits per heavy atom. The smallest absolute Gasteiger partial charge is 0.178 e. The summed E-state index contributed by atoms with van der Waals surface area (Å²) in [4.78, 5) is 0. The summed E-state index contributed by atoms with van der Waals surface area (Å²) in [5, 5.41) is 12.3. The monoisotopic (exact) mass is 554 g/mol. The van der Waals surface area contributed by atoms with Crippen molar-refractivity contribution in [1.29, 1.82) is 0 Å². The van der Waals surface area contributed by atoms with Crippen molar-refractivity contribution in [2.24, 2.45) is 0 Å². The van der Waals surface area contributed by atoms with E-state index in [0.717, 1.165) is 44.5 Å². The van der Waals surface area contributed by atoms with Crippen molar-refractivity contribution in [3.05, 3.63) is 130 Å². The van der Waals surface area contributed by atoms with E-state index in [9.17, 15) is 5.11 Å². The highest BCUT2D eigenvalue weighted by atomic mass is 16.5. The summed E-state index contributed by atoms with van der Waals surface area (Å²) in [5.74, 6) is 2.24. The van der Waals surface area contributed by atoms with E-state index in [4.69, 9.17) is 14.2 Å². The quantitative estimate of drug-likeness (QED) is 0.237. The zero-order valence-electron chi connectivity index (χ0n) is 24.6. The fraction of sp³-hybridized carbons (Fsp3) is 0.211. The number of fused-ring (bicyclic) bond motifs is 8. The highest BCUT2D eigenvalue weighted by molar-refractivity contribution is 6.09. The van der Waals surface area contributed by atoms with Gasteiger partial charge in [0.1, 0.15) is 17.2 Å². The summed E-state index contributed by atoms with van der Waals surface area (Å²) in [6.45, 7) is 6.56. The van der Waals surface area contributed by atoms with E-state index in [1.807, 2.05) is 18.2 Å². The van der Waals surface area contributed by atoms with Crippen LogP contribution in [0.1, 0.15) is 52.8 Å². The lowest BCUT2D eigenvalue weighted by molar-refractivity contribution is 0.163. The maximum Gasteiger partial charge on any atom is 0.178 e. The van der Waals surface area contributed by atoms with Gasteiger partial charge in [0.15, 0.2) is 5.60 Å². The number of aliphatic hydroxyl groups excluding tert-OH is 1. The van der Waals surface area contributed by atoms with Crippen molar-refractivity contribution < 1.29 is 19.3 Å². The first-order valence-corrected chi connectivity index (χ1v) is 14.3. The molecule has 1 unspecified atom stereocenters. The molecule has 1 N–H and O–H groups in total. The first-order chi connectivity index (χ1) is 20.3. The van der Waals surface area contributed by atoms with Crippen molar-refractivity contribution >= 4 is 16.8 Å². The van der Waals surface area contributed by atoms with Crippen LogP contribution in [0.3, 0.4) is 0 Å². The van der Waals surface area contributed by atoms with Gasteiger partial charge in [0.05, 0.1) is 20.8 Å². The standard InChI is InChI=1S/C38H34O4/c1-23-10-12-25(13-11-23)38(26-14-16-27(40-4)17-15-26)19-18-29-35-34(28-8-6-7-9-32(28)37(35,2)3)30-20-24(22-39)33(41-5)21-31(30)36(29)42-38/h6-21,39H,22H2,1-5H3. The van der Waals surface area contributed by atoms with E-state index in [-0.39, 0.29) is 12.0 Å². The predicted octanol–water partition coefficient (Wildman–Crippen LogP) is 8.31. The van der Waals surface area contributed by atoms with Gasteiger partial charge in [-0.05, 0) is 64.9 Å². The third-order valence-electron chi connectivity index (χ3n) is 9.11. The number of ether oxygens (including phenoxy) is 3. The van der Waals surface area contributed by atoms with Crippen LogP contribution in [0.4, 0.5) is 0 Å². The second kappa shape index (κ2) is 9.50. The molecule has 42 heavy (non-hydrogen) atoms. The number of hydrogen-bond acceptors (Lipinski definition) is 4. The summed E-state index contributed by atoms with van der Waals surface area (Å²) in [6.07, 6.45) is 4.45. The molecule has 0 aromatic heterocycles. The summed E-state index contributed by atoms with van der Waals surface area (Å²) >= 11 is 0. The molecule has 0 radical (unpaired) electrons. The lowest BCUT2D eigenvalue weighted by atomic mass is 9.76. The zero-order valence-corrected chi connectivity index (χ0v) is 24.6. The van der Waals surface area contributed by atoms with Gasteiger partial charge in [-0.25, -0.2) is 0 Å². The van der Waals surface area contributed by atoms with Gasteiger partial charge in [-0.2, -0.15) is 0 Å². The molecule has 5 aromatic rings. The first kappa shape index (κ1) is 26.4. The third-order valence-corrected chi connectivity index (χ3v) is 9.11.